The Morgan fingerprint density at radius 1 is 0.804 bits per heavy atom. The molecular formula is C36H32N8O6S6. The molecule has 0 saturated carbocycles. The minimum absolute atomic E-state index is 0.0426. The van der Waals surface area contributed by atoms with Crippen molar-refractivity contribution in [2.45, 2.75) is 35.0 Å². The van der Waals surface area contributed by atoms with E-state index in [0.717, 1.165) is 65.8 Å². The summed E-state index contributed by atoms with van der Waals surface area (Å²) in [5.74, 6) is -0.630. The predicted octanol–water partition coefficient (Wildman–Crippen LogP) is 6.52. The van der Waals surface area contributed by atoms with E-state index in [-0.39, 0.29) is 50.2 Å². The second-order valence-corrected chi connectivity index (χ2v) is 19.5. The summed E-state index contributed by atoms with van der Waals surface area (Å²) < 4.78 is 55.6. The Labute approximate surface area is 339 Å². The van der Waals surface area contributed by atoms with E-state index in [4.69, 9.17) is 0 Å². The monoisotopic (exact) mass is 864 g/mol. The van der Waals surface area contributed by atoms with Crippen LogP contribution in [0.1, 0.15) is 18.4 Å². The van der Waals surface area contributed by atoms with Crippen LogP contribution in [0.4, 0.5) is 5.69 Å². The number of allylic oxidation sites excluding steroid dienone is 4. The average Bonchev–Trinajstić information content (AvgIpc) is 4.00. The lowest BCUT2D eigenvalue weighted by Gasteiger charge is -2.12. The molecule has 288 valence electrons. The molecule has 20 heteroatoms. The molecule has 7 rings (SSSR count). The number of amides is 2. The van der Waals surface area contributed by atoms with Gasteiger partial charge in [0.1, 0.15) is 0 Å². The maximum absolute atomic E-state index is 14.1. The standard InChI is InChI=1S/C36H32N8O6S6/c1-23-11-13-29(14-12-23)56(49,50)44-34(40-42-36(44)54-21-31(45)37-27-8-4-3-5-9-27)26-18-30(52-20-26)24-7-6-10-28(17-24)38-32(46)22-53-35-41-39-33(25-15-16-51-19-25)43(35)55(2,47)48/h3-4,6-8,10-20H,5,9,21-22H2,1-2H3,(H,37,45)(H,38,46). The van der Waals surface area contributed by atoms with Gasteiger partial charge in [-0.05, 0) is 73.2 Å². The summed E-state index contributed by atoms with van der Waals surface area (Å²) >= 11 is 4.67. The summed E-state index contributed by atoms with van der Waals surface area (Å²) in [5, 5.41) is 27.8. The molecule has 14 nitrogen and oxygen atoms in total. The maximum Gasteiger partial charge on any atom is 0.271 e. The van der Waals surface area contributed by atoms with Gasteiger partial charge in [0.25, 0.3) is 10.0 Å². The zero-order valence-corrected chi connectivity index (χ0v) is 34.5. The van der Waals surface area contributed by atoms with E-state index in [9.17, 15) is 26.4 Å². The molecule has 0 fully saturated rings. The highest BCUT2D eigenvalue weighted by molar-refractivity contribution is 8.00. The number of anilines is 1. The number of rotatable bonds is 14. The van der Waals surface area contributed by atoms with Crippen LogP contribution in [0.3, 0.4) is 0 Å². The highest BCUT2D eigenvalue weighted by Crippen LogP contribution is 2.36. The third-order valence-electron chi connectivity index (χ3n) is 8.13. The smallest absolute Gasteiger partial charge is 0.271 e. The Hall–Kier alpha value is -4.86. The van der Waals surface area contributed by atoms with E-state index in [1.165, 1.54) is 34.8 Å². The Bertz CT molecular complexity index is 2700. The van der Waals surface area contributed by atoms with Gasteiger partial charge in [0.2, 0.25) is 32.2 Å². The SMILES string of the molecule is Cc1ccc(S(=O)(=O)n2c(SCC(=O)NC3=CC=CCC3)nnc2-c2csc(-c3cccc(NC(=O)CSc4nnc(-c5ccsc5)n4S(C)(=O)=O)c3)c2)cc1. The molecule has 0 atom stereocenters. The first-order chi connectivity index (χ1) is 26.9. The molecule has 0 saturated heterocycles. The van der Waals surface area contributed by atoms with Gasteiger partial charge in [-0.15, -0.1) is 31.7 Å². The summed E-state index contributed by atoms with van der Waals surface area (Å²) in [7, 11) is -7.95. The normalized spacial score (nSPS) is 13.1. The molecule has 4 heterocycles. The Morgan fingerprint density at radius 3 is 2.16 bits per heavy atom. The van der Waals surface area contributed by atoms with Crippen molar-refractivity contribution in [3.8, 4) is 33.2 Å². The lowest BCUT2D eigenvalue weighted by molar-refractivity contribution is -0.118. The van der Waals surface area contributed by atoms with Gasteiger partial charge in [0, 0.05) is 38.1 Å². The van der Waals surface area contributed by atoms with Crippen molar-refractivity contribution in [2.75, 3.05) is 23.1 Å². The predicted molar refractivity (Wildman–Crippen MR) is 221 cm³/mol. The zero-order valence-electron chi connectivity index (χ0n) is 29.6. The van der Waals surface area contributed by atoms with Crippen LogP contribution < -0.4 is 10.6 Å². The Balaban J connectivity index is 1.09. The molecule has 4 aromatic heterocycles. The van der Waals surface area contributed by atoms with E-state index in [1.807, 2.05) is 31.2 Å². The van der Waals surface area contributed by atoms with E-state index < -0.39 is 20.0 Å². The molecule has 1 aliphatic carbocycles. The summed E-state index contributed by atoms with van der Waals surface area (Å²) in [5.41, 5.74) is 4.02. The van der Waals surface area contributed by atoms with Gasteiger partial charge < -0.3 is 10.6 Å². The summed E-state index contributed by atoms with van der Waals surface area (Å²) in [6, 6.07) is 17.1. The third kappa shape index (κ3) is 8.90. The van der Waals surface area contributed by atoms with Crippen molar-refractivity contribution in [1.29, 1.82) is 0 Å². The van der Waals surface area contributed by atoms with Crippen molar-refractivity contribution in [3.05, 3.63) is 106 Å². The molecule has 0 bridgehead atoms. The highest BCUT2D eigenvalue weighted by atomic mass is 32.2. The number of nitrogens with zero attached hydrogens (tertiary/aromatic N) is 6. The van der Waals surface area contributed by atoms with Crippen molar-refractivity contribution in [1.82, 2.24) is 33.7 Å². The van der Waals surface area contributed by atoms with Crippen LogP contribution in [0.2, 0.25) is 0 Å². The molecule has 0 radical (unpaired) electrons. The first-order valence-corrected chi connectivity index (χ1v) is 23.8. The van der Waals surface area contributed by atoms with Crippen LogP contribution in [-0.2, 0) is 29.6 Å². The minimum Gasteiger partial charge on any atom is -0.329 e. The van der Waals surface area contributed by atoms with Gasteiger partial charge in [0.15, 0.2) is 11.6 Å². The van der Waals surface area contributed by atoms with Crippen molar-refractivity contribution < 1.29 is 26.4 Å². The molecule has 0 spiro atoms. The molecule has 6 aromatic rings. The maximum atomic E-state index is 14.1. The van der Waals surface area contributed by atoms with Gasteiger partial charge in [-0.25, -0.2) is 16.8 Å². The van der Waals surface area contributed by atoms with E-state index in [0.29, 0.717) is 23.2 Å². The molecular weight excluding hydrogens is 833 g/mol. The fraction of sp³-hybridized carbons (Fsp3) is 0.167. The van der Waals surface area contributed by atoms with Crippen molar-refractivity contribution in [3.63, 3.8) is 0 Å². The van der Waals surface area contributed by atoms with E-state index >= 15 is 0 Å². The second kappa shape index (κ2) is 16.7. The highest BCUT2D eigenvalue weighted by Gasteiger charge is 2.29. The van der Waals surface area contributed by atoms with E-state index in [2.05, 4.69) is 31.0 Å². The Morgan fingerprint density at radius 2 is 1.50 bits per heavy atom. The topological polar surface area (TPSA) is 188 Å². The van der Waals surface area contributed by atoms with Crippen LogP contribution in [0.25, 0.3) is 33.2 Å². The van der Waals surface area contributed by atoms with Gasteiger partial charge in [-0.1, -0.05) is 65.5 Å². The number of hydrogen-bond acceptors (Lipinski definition) is 14. The first-order valence-electron chi connectivity index (χ1n) is 16.7. The van der Waals surface area contributed by atoms with Gasteiger partial charge >= 0.3 is 0 Å². The van der Waals surface area contributed by atoms with Crippen LogP contribution in [-0.4, -0.2) is 74.8 Å². The van der Waals surface area contributed by atoms with Crippen LogP contribution in [0.5, 0.6) is 0 Å². The number of thiophene rings is 2. The van der Waals surface area contributed by atoms with Gasteiger partial charge in [-0.2, -0.15) is 19.3 Å². The largest absolute Gasteiger partial charge is 0.329 e. The minimum atomic E-state index is -4.19. The fourth-order valence-electron chi connectivity index (χ4n) is 5.51. The lowest BCUT2D eigenvalue weighted by Crippen LogP contribution is -2.25. The number of hydrogen-bond donors (Lipinski definition) is 2. The molecule has 2 amide bonds. The Kier molecular flexibility index (Phi) is 11.7. The molecule has 56 heavy (non-hydrogen) atoms. The fourth-order valence-corrected chi connectivity index (χ4v) is 11.4. The number of aryl methyl sites for hydroxylation is 1. The molecule has 2 aromatic carbocycles. The molecule has 2 N–H and O–H groups in total. The summed E-state index contributed by atoms with van der Waals surface area (Å²) in [6.45, 7) is 1.86. The van der Waals surface area contributed by atoms with Gasteiger partial charge in [0.05, 0.1) is 22.7 Å². The summed E-state index contributed by atoms with van der Waals surface area (Å²) in [4.78, 5) is 26.7. The van der Waals surface area contributed by atoms with Crippen LogP contribution in [0.15, 0.2) is 116 Å². The number of carbonyl (C=O) groups is 2. The molecule has 0 aliphatic heterocycles. The number of aromatic nitrogens is 6. The quantitative estimate of drug-likeness (QED) is 0.113. The average molecular weight is 865 g/mol. The van der Waals surface area contributed by atoms with Crippen molar-refractivity contribution in [2.24, 2.45) is 0 Å². The first kappa shape index (κ1) is 39.4. The summed E-state index contributed by atoms with van der Waals surface area (Å²) in [6.07, 6.45) is 8.32. The van der Waals surface area contributed by atoms with Crippen LogP contribution >= 0.6 is 46.2 Å². The van der Waals surface area contributed by atoms with Gasteiger partial charge in [-0.3, -0.25) is 9.59 Å². The number of nitrogens with one attached hydrogen (secondary N) is 2. The molecule has 1 aliphatic rings. The zero-order chi connectivity index (χ0) is 39.5. The second-order valence-electron chi connectivity index (χ2n) is 12.3. The number of benzene rings is 2. The van der Waals surface area contributed by atoms with Crippen molar-refractivity contribution >= 4 is 83.7 Å². The number of carbonyl (C=O) groups excluding carboxylic acids is 2. The lowest BCUT2D eigenvalue weighted by atomic mass is 10.1. The van der Waals surface area contributed by atoms with E-state index in [1.54, 1.807) is 58.6 Å². The number of thioether (sulfide) groups is 2. The third-order valence-corrected chi connectivity index (χ3v) is 14.6. The van der Waals surface area contributed by atoms with Crippen LogP contribution in [0, 0.1) is 6.92 Å². The molecule has 0 unspecified atom stereocenters.